The van der Waals surface area contributed by atoms with E-state index < -0.39 is 0 Å². The van der Waals surface area contributed by atoms with Gasteiger partial charge in [0, 0.05) is 11.4 Å². The summed E-state index contributed by atoms with van der Waals surface area (Å²) in [7, 11) is 0. The Morgan fingerprint density at radius 1 is 1.23 bits per heavy atom. The number of hydrogen-bond acceptors (Lipinski definition) is 3. The van der Waals surface area contributed by atoms with E-state index in [4.69, 9.17) is 5.73 Å². The number of nitrogens with zero attached hydrogens (tertiary/aromatic N) is 2. The average molecular weight is 179 g/mol. The molecular weight excluding hydrogens is 162 g/mol. The molecule has 0 aliphatic carbocycles. The topological polar surface area (TPSA) is 51.8 Å². The van der Waals surface area contributed by atoms with Crippen LogP contribution in [0.15, 0.2) is 0 Å². The average Bonchev–Trinajstić information content (AvgIpc) is 2.03. The first-order valence-electron chi connectivity index (χ1n) is 4.65. The molecule has 1 aromatic rings. The van der Waals surface area contributed by atoms with E-state index >= 15 is 0 Å². The molecule has 0 saturated heterocycles. The van der Waals surface area contributed by atoms with Crippen LogP contribution in [0, 0.1) is 13.8 Å². The molecule has 1 rings (SSSR count). The Morgan fingerprint density at radius 3 is 2.00 bits per heavy atom. The van der Waals surface area contributed by atoms with Gasteiger partial charge in [-0.25, -0.2) is 9.97 Å². The highest BCUT2D eigenvalue weighted by Crippen LogP contribution is 2.13. The van der Waals surface area contributed by atoms with Gasteiger partial charge in [0.05, 0.1) is 6.04 Å². The van der Waals surface area contributed by atoms with Crippen LogP contribution in [0.3, 0.4) is 0 Å². The quantitative estimate of drug-likeness (QED) is 0.751. The highest BCUT2D eigenvalue weighted by Gasteiger charge is 2.08. The van der Waals surface area contributed by atoms with Crippen molar-refractivity contribution in [3.63, 3.8) is 0 Å². The summed E-state index contributed by atoms with van der Waals surface area (Å²) in [4.78, 5) is 8.74. The fourth-order valence-corrected chi connectivity index (χ4v) is 1.48. The second-order valence-corrected chi connectivity index (χ2v) is 3.37. The number of rotatable bonds is 2. The highest BCUT2D eigenvalue weighted by molar-refractivity contribution is 5.24. The minimum atomic E-state index is -0.0803. The maximum Gasteiger partial charge on any atom is 0.145 e. The zero-order valence-electron chi connectivity index (χ0n) is 8.76. The molecule has 1 unspecified atom stereocenters. The van der Waals surface area contributed by atoms with Crippen molar-refractivity contribution in [3.8, 4) is 0 Å². The maximum absolute atomic E-state index is 5.72. The van der Waals surface area contributed by atoms with Gasteiger partial charge < -0.3 is 5.73 Å². The Kier molecular flexibility index (Phi) is 2.98. The molecule has 13 heavy (non-hydrogen) atoms. The number of aryl methyl sites for hydroxylation is 2. The smallest absolute Gasteiger partial charge is 0.145 e. The van der Waals surface area contributed by atoms with Gasteiger partial charge in [0.25, 0.3) is 0 Å². The van der Waals surface area contributed by atoms with E-state index in [0.717, 1.165) is 23.6 Å². The van der Waals surface area contributed by atoms with Crippen LogP contribution >= 0.6 is 0 Å². The fraction of sp³-hybridized carbons (Fsp3) is 0.600. The van der Waals surface area contributed by atoms with Crippen LogP contribution in [0.5, 0.6) is 0 Å². The summed E-state index contributed by atoms with van der Waals surface area (Å²) in [5.74, 6) is 0.743. The van der Waals surface area contributed by atoms with Crippen LogP contribution in [-0.2, 0) is 6.42 Å². The zero-order chi connectivity index (χ0) is 10.0. The van der Waals surface area contributed by atoms with Crippen LogP contribution < -0.4 is 5.73 Å². The van der Waals surface area contributed by atoms with Crippen molar-refractivity contribution in [1.82, 2.24) is 9.97 Å². The summed E-state index contributed by atoms with van der Waals surface area (Å²) in [5.41, 5.74) is 9.07. The van der Waals surface area contributed by atoms with E-state index in [1.807, 2.05) is 20.8 Å². The minimum Gasteiger partial charge on any atom is -0.322 e. The van der Waals surface area contributed by atoms with Crippen molar-refractivity contribution in [2.24, 2.45) is 5.73 Å². The molecular formula is C10H17N3. The standard InChI is InChI=1S/C10H17N3/c1-5-9-7(3)12-10(6(2)11)13-8(9)4/h6H,5,11H2,1-4H3. The molecule has 0 bridgehead atoms. The predicted octanol–water partition coefficient (Wildman–Crippen LogP) is 1.68. The molecule has 0 fully saturated rings. The van der Waals surface area contributed by atoms with Gasteiger partial charge in [-0.05, 0) is 32.8 Å². The monoisotopic (exact) mass is 179 g/mol. The lowest BCUT2D eigenvalue weighted by atomic mass is 10.1. The van der Waals surface area contributed by atoms with E-state index in [0.29, 0.717) is 0 Å². The van der Waals surface area contributed by atoms with Gasteiger partial charge in [0.2, 0.25) is 0 Å². The molecule has 0 aliphatic heterocycles. The molecule has 72 valence electrons. The van der Waals surface area contributed by atoms with Gasteiger partial charge in [-0.1, -0.05) is 6.92 Å². The van der Waals surface area contributed by atoms with E-state index in [2.05, 4.69) is 16.9 Å². The number of aromatic nitrogens is 2. The molecule has 0 spiro atoms. The third-order valence-corrected chi connectivity index (χ3v) is 2.20. The van der Waals surface area contributed by atoms with Crippen molar-refractivity contribution >= 4 is 0 Å². The van der Waals surface area contributed by atoms with Crippen molar-refractivity contribution in [1.29, 1.82) is 0 Å². The van der Waals surface area contributed by atoms with Crippen LogP contribution in [0.2, 0.25) is 0 Å². The predicted molar refractivity (Wildman–Crippen MR) is 53.5 cm³/mol. The van der Waals surface area contributed by atoms with Crippen LogP contribution in [-0.4, -0.2) is 9.97 Å². The Hall–Kier alpha value is -0.960. The summed E-state index contributed by atoms with van der Waals surface area (Å²) in [5, 5.41) is 0. The third-order valence-electron chi connectivity index (χ3n) is 2.20. The number of nitrogens with two attached hydrogens (primary N) is 1. The molecule has 1 atom stereocenters. The van der Waals surface area contributed by atoms with Gasteiger partial charge in [-0.2, -0.15) is 0 Å². The van der Waals surface area contributed by atoms with Crippen molar-refractivity contribution in [2.45, 2.75) is 40.2 Å². The molecule has 1 aromatic heterocycles. The zero-order valence-corrected chi connectivity index (χ0v) is 8.76. The normalized spacial score (nSPS) is 13.0. The van der Waals surface area contributed by atoms with Gasteiger partial charge in [0.15, 0.2) is 0 Å². The molecule has 0 aromatic carbocycles. The molecule has 0 radical (unpaired) electrons. The van der Waals surface area contributed by atoms with E-state index in [1.54, 1.807) is 0 Å². The Morgan fingerprint density at radius 2 is 1.69 bits per heavy atom. The van der Waals surface area contributed by atoms with Crippen molar-refractivity contribution in [2.75, 3.05) is 0 Å². The molecule has 3 nitrogen and oxygen atoms in total. The van der Waals surface area contributed by atoms with Gasteiger partial charge >= 0.3 is 0 Å². The molecule has 1 heterocycles. The molecule has 0 aliphatic rings. The summed E-state index contributed by atoms with van der Waals surface area (Å²) < 4.78 is 0. The van der Waals surface area contributed by atoms with E-state index in [9.17, 15) is 0 Å². The molecule has 0 amide bonds. The van der Waals surface area contributed by atoms with Gasteiger partial charge in [-0.3, -0.25) is 0 Å². The lowest BCUT2D eigenvalue weighted by Crippen LogP contribution is -2.13. The lowest BCUT2D eigenvalue weighted by Gasteiger charge is -2.10. The van der Waals surface area contributed by atoms with Gasteiger partial charge in [-0.15, -0.1) is 0 Å². The SMILES string of the molecule is CCc1c(C)nc(C(C)N)nc1C. The second kappa shape index (κ2) is 3.83. The minimum absolute atomic E-state index is 0.0803. The van der Waals surface area contributed by atoms with Crippen LogP contribution in [0.1, 0.15) is 42.7 Å². The lowest BCUT2D eigenvalue weighted by molar-refractivity contribution is 0.719. The largest absolute Gasteiger partial charge is 0.322 e. The highest BCUT2D eigenvalue weighted by atomic mass is 14.9. The fourth-order valence-electron chi connectivity index (χ4n) is 1.48. The summed E-state index contributed by atoms with van der Waals surface area (Å²) in [6.07, 6.45) is 0.983. The molecule has 0 saturated carbocycles. The first-order chi connectivity index (χ1) is 6.06. The molecule has 3 heteroatoms. The van der Waals surface area contributed by atoms with Crippen molar-refractivity contribution < 1.29 is 0 Å². The summed E-state index contributed by atoms with van der Waals surface area (Å²) >= 11 is 0. The number of hydrogen-bond donors (Lipinski definition) is 1. The Bertz CT molecular complexity index is 282. The van der Waals surface area contributed by atoms with E-state index in [1.165, 1.54) is 5.56 Å². The van der Waals surface area contributed by atoms with Crippen LogP contribution in [0.4, 0.5) is 0 Å². The first-order valence-corrected chi connectivity index (χ1v) is 4.65. The Balaban J connectivity index is 3.20. The molecule has 2 N–H and O–H groups in total. The van der Waals surface area contributed by atoms with Gasteiger partial charge in [0.1, 0.15) is 5.82 Å². The Labute approximate surface area is 79.4 Å². The summed E-state index contributed by atoms with van der Waals surface area (Å²) in [6, 6.07) is -0.0803. The maximum atomic E-state index is 5.72. The first kappa shape index (κ1) is 10.1. The van der Waals surface area contributed by atoms with Crippen molar-refractivity contribution in [3.05, 3.63) is 22.8 Å². The van der Waals surface area contributed by atoms with E-state index in [-0.39, 0.29) is 6.04 Å². The summed E-state index contributed by atoms with van der Waals surface area (Å²) in [6.45, 7) is 8.04. The van der Waals surface area contributed by atoms with Crippen LogP contribution in [0.25, 0.3) is 0 Å². The second-order valence-electron chi connectivity index (χ2n) is 3.37. The third kappa shape index (κ3) is 2.04.